The number of esters is 2. The van der Waals surface area contributed by atoms with Crippen LogP contribution in [0.1, 0.15) is 74.1 Å². The Bertz CT molecular complexity index is 775. The number of ether oxygens (including phenoxy) is 2. The van der Waals surface area contributed by atoms with E-state index in [-0.39, 0.29) is 29.0 Å². The first-order valence-electron chi connectivity index (χ1n) is 10.2. The molecule has 1 aromatic rings. The van der Waals surface area contributed by atoms with Crippen LogP contribution in [0.3, 0.4) is 0 Å². The molecule has 1 aliphatic carbocycles. The monoisotopic (exact) mass is 419 g/mol. The van der Waals surface area contributed by atoms with Crippen molar-refractivity contribution in [1.29, 1.82) is 0 Å². The van der Waals surface area contributed by atoms with Gasteiger partial charge in [0, 0.05) is 5.69 Å². The summed E-state index contributed by atoms with van der Waals surface area (Å²) in [6.45, 7) is 6.80. The first-order chi connectivity index (χ1) is 14.1. The lowest BCUT2D eigenvalue weighted by molar-refractivity contribution is -0.147. The van der Waals surface area contributed by atoms with E-state index >= 15 is 0 Å². The Labute approximate surface area is 175 Å². The van der Waals surface area contributed by atoms with Gasteiger partial charge in [0.25, 0.3) is 0 Å². The van der Waals surface area contributed by atoms with Gasteiger partial charge in [0.1, 0.15) is 0 Å². The van der Waals surface area contributed by atoms with E-state index < -0.39 is 35.7 Å². The van der Waals surface area contributed by atoms with Gasteiger partial charge in [-0.2, -0.15) is 0 Å². The molecule has 0 aliphatic heterocycles. The highest BCUT2D eigenvalue weighted by Gasteiger charge is 2.35. The third-order valence-corrected chi connectivity index (χ3v) is 4.78. The largest absolute Gasteiger partial charge is 0.481 e. The summed E-state index contributed by atoms with van der Waals surface area (Å²) >= 11 is 0. The van der Waals surface area contributed by atoms with Crippen LogP contribution in [0.15, 0.2) is 18.2 Å². The molecule has 2 atom stereocenters. The van der Waals surface area contributed by atoms with Crippen LogP contribution < -0.4 is 5.32 Å². The number of nitrogens with one attached hydrogen (secondary N) is 1. The summed E-state index contributed by atoms with van der Waals surface area (Å²) in [5, 5.41) is 12.1. The summed E-state index contributed by atoms with van der Waals surface area (Å²) in [5.41, 5.74) is 0.398. The van der Waals surface area contributed by atoms with Crippen molar-refractivity contribution in [2.24, 2.45) is 11.8 Å². The molecule has 0 saturated heterocycles. The maximum Gasteiger partial charge on any atom is 0.338 e. The van der Waals surface area contributed by atoms with Crippen molar-refractivity contribution >= 4 is 29.5 Å². The molecule has 0 bridgehead atoms. The van der Waals surface area contributed by atoms with E-state index in [1.165, 1.54) is 18.2 Å². The molecule has 2 rings (SSSR count). The van der Waals surface area contributed by atoms with E-state index in [0.29, 0.717) is 12.8 Å². The van der Waals surface area contributed by atoms with Gasteiger partial charge in [0.05, 0.1) is 35.2 Å². The van der Waals surface area contributed by atoms with E-state index in [4.69, 9.17) is 9.47 Å². The van der Waals surface area contributed by atoms with E-state index in [2.05, 4.69) is 5.32 Å². The Balaban J connectivity index is 2.32. The predicted molar refractivity (Wildman–Crippen MR) is 109 cm³/mol. The van der Waals surface area contributed by atoms with E-state index in [1.807, 2.05) is 0 Å². The lowest BCUT2D eigenvalue weighted by Gasteiger charge is -2.27. The van der Waals surface area contributed by atoms with Crippen molar-refractivity contribution in [3.63, 3.8) is 0 Å². The second kappa shape index (κ2) is 10.2. The quantitative estimate of drug-likeness (QED) is 0.648. The minimum absolute atomic E-state index is 0.0932. The Morgan fingerprint density at radius 3 is 1.77 bits per heavy atom. The van der Waals surface area contributed by atoms with Crippen molar-refractivity contribution < 1.29 is 33.8 Å². The normalized spacial score (nSPS) is 18.7. The Kier molecular flexibility index (Phi) is 7.97. The number of hydrogen-bond donors (Lipinski definition) is 2. The molecule has 1 aliphatic rings. The minimum Gasteiger partial charge on any atom is -0.481 e. The second-order valence-corrected chi connectivity index (χ2v) is 8.03. The van der Waals surface area contributed by atoms with Gasteiger partial charge in [-0.15, -0.1) is 0 Å². The van der Waals surface area contributed by atoms with Crippen LogP contribution in [0.5, 0.6) is 0 Å². The van der Waals surface area contributed by atoms with Gasteiger partial charge in [0.15, 0.2) is 0 Å². The molecular weight excluding hydrogens is 390 g/mol. The fraction of sp³-hybridized carbons (Fsp3) is 0.545. The zero-order valence-electron chi connectivity index (χ0n) is 17.8. The average Bonchev–Trinajstić information content (AvgIpc) is 2.66. The highest BCUT2D eigenvalue weighted by atomic mass is 16.5. The molecule has 8 heteroatoms. The number of carboxylic acids is 1. The number of carbonyl (C=O) groups excluding carboxylic acids is 3. The molecule has 0 heterocycles. The number of hydrogen-bond acceptors (Lipinski definition) is 6. The standard InChI is InChI=1S/C22H29NO7/c1-12(2)29-21(27)14-9-15(22(28)30-13(3)4)11-16(10-14)23-19(24)17-7-5-6-8-18(17)20(25)26/h9-13,17-18H,5-8H2,1-4H3,(H,23,24)(H,25,26). The number of carbonyl (C=O) groups is 4. The Hall–Kier alpha value is -2.90. The summed E-state index contributed by atoms with van der Waals surface area (Å²) in [4.78, 5) is 49.0. The van der Waals surface area contributed by atoms with Gasteiger partial charge in [0.2, 0.25) is 5.91 Å². The van der Waals surface area contributed by atoms with Gasteiger partial charge in [-0.05, 0) is 58.7 Å². The molecule has 1 aromatic carbocycles. The summed E-state index contributed by atoms with van der Waals surface area (Å²) in [6.07, 6.45) is 1.73. The number of benzene rings is 1. The Morgan fingerprint density at radius 1 is 0.867 bits per heavy atom. The predicted octanol–water partition coefficient (Wildman–Crippen LogP) is 3.65. The molecule has 1 saturated carbocycles. The van der Waals surface area contributed by atoms with Crippen molar-refractivity contribution in [2.45, 2.75) is 65.6 Å². The van der Waals surface area contributed by atoms with Crippen molar-refractivity contribution in [3.05, 3.63) is 29.3 Å². The van der Waals surface area contributed by atoms with Crippen LogP contribution in [0, 0.1) is 11.8 Å². The van der Waals surface area contributed by atoms with E-state index in [0.717, 1.165) is 12.8 Å². The number of carboxylic acid groups (broad SMARTS) is 1. The van der Waals surface area contributed by atoms with Crippen LogP contribution in [0.2, 0.25) is 0 Å². The number of amides is 1. The van der Waals surface area contributed by atoms with Crippen molar-refractivity contribution in [3.8, 4) is 0 Å². The lowest BCUT2D eigenvalue weighted by Crippen LogP contribution is -2.36. The van der Waals surface area contributed by atoms with Gasteiger partial charge >= 0.3 is 17.9 Å². The van der Waals surface area contributed by atoms with Gasteiger partial charge < -0.3 is 19.9 Å². The summed E-state index contributed by atoms with van der Waals surface area (Å²) < 4.78 is 10.4. The molecule has 0 spiro atoms. The number of anilines is 1. The fourth-order valence-corrected chi connectivity index (χ4v) is 3.47. The highest BCUT2D eigenvalue weighted by Crippen LogP contribution is 2.31. The SMILES string of the molecule is CC(C)OC(=O)c1cc(NC(=O)C2CCCCC2C(=O)O)cc(C(=O)OC(C)C)c1. The molecule has 8 nitrogen and oxygen atoms in total. The van der Waals surface area contributed by atoms with Crippen molar-refractivity contribution in [1.82, 2.24) is 0 Å². The van der Waals surface area contributed by atoms with E-state index in [1.54, 1.807) is 27.7 Å². The number of aliphatic carboxylic acids is 1. The molecule has 164 valence electrons. The fourth-order valence-electron chi connectivity index (χ4n) is 3.47. The third kappa shape index (κ3) is 6.30. The smallest absolute Gasteiger partial charge is 0.338 e. The summed E-state index contributed by atoms with van der Waals surface area (Å²) in [7, 11) is 0. The molecule has 0 aromatic heterocycles. The maximum atomic E-state index is 12.8. The van der Waals surface area contributed by atoms with Crippen LogP contribution >= 0.6 is 0 Å². The molecule has 2 N–H and O–H groups in total. The van der Waals surface area contributed by atoms with Gasteiger partial charge in [-0.25, -0.2) is 9.59 Å². The molecule has 0 radical (unpaired) electrons. The molecule has 30 heavy (non-hydrogen) atoms. The van der Waals surface area contributed by atoms with Crippen LogP contribution in [0.4, 0.5) is 5.69 Å². The van der Waals surface area contributed by atoms with Gasteiger partial charge in [-0.3, -0.25) is 9.59 Å². The zero-order valence-corrected chi connectivity index (χ0v) is 17.8. The van der Waals surface area contributed by atoms with Crippen LogP contribution in [-0.4, -0.2) is 41.1 Å². The minimum atomic E-state index is -0.995. The number of rotatable bonds is 7. The molecule has 1 amide bonds. The third-order valence-electron chi connectivity index (χ3n) is 4.78. The molecule has 2 unspecified atom stereocenters. The van der Waals surface area contributed by atoms with E-state index in [9.17, 15) is 24.3 Å². The average molecular weight is 419 g/mol. The zero-order chi connectivity index (χ0) is 22.4. The Morgan fingerprint density at radius 2 is 1.33 bits per heavy atom. The highest BCUT2D eigenvalue weighted by molar-refractivity contribution is 6.00. The molecular formula is C22H29NO7. The van der Waals surface area contributed by atoms with Crippen LogP contribution in [-0.2, 0) is 19.1 Å². The first-order valence-corrected chi connectivity index (χ1v) is 10.2. The second-order valence-electron chi connectivity index (χ2n) is 8.03. The topological polar surface area (TPSA) is 119 Å². The summed E-state index contributed by atoms with van der Waals surface area (Å²) in [6, 6.07) is 4.17. The lowest BCUT2D eigenvalue weighted by atomic mass is 9.78. The summed E-state index contributed by atoms with van der Waals surface area (Å²) in [5.74, 6) is -4.14. The maximum absolute atomic E-state index is 12.8. The van der Waals surface area contributed by atoms with Crippen molar-refractivity contribution in [2.75, 3.05) is 5.32 Å². The van der Waals surface area contributed by atoms with Gasteiger partial charge in [-0.1, -0.05) is 12.8 Å². The van der Waals surface area contributed by atoms with Crippen LogP contribution in [0.25, 0.3) is 0 Å². The molecule has 1 fully saturated rings. The first kappa shape index (κ1) is 23.4.